The molecule has 0 radical (unpaired) electrons. The predicted molar refractivity (Wildman–Crippen MR) is 95.7 cm³/mol. The van der Waals surface area contributed by atoms with Crippen LogP contribution in [0.1, 0.15) is 15.9 Å². The molecule has 0 saturated carbocycles. The van der Waals surface area contributed by atoms with Crippen molar-refractivity contribution in [3.63, 3.8) is 0 Å². The van der Waals surface area contributed by atoms with Gasteiger partial charge in [0.25, 0.3) is 0 Å². The average molecular weight is 372 g/mol. The van der Waals surface area contributed by atoms with Crippen LogP contribution in [0.15, 0.2) is 66.9 Å². The molecule has 27 heavy (non-hydrogen) atoms. The van der Waals surface area contributed by atoms with Crippen molar-refractivity contribution in [2.24, 2.45) is 0 Å². The minimum atomic E-state index is -4.39. The Morgan fingerprint density at radius 2 is 1.78 bits per heavy atom. The van der Waals surface area contributed by atoms with Crippen LogP contribution in [-0.4, -0.2) is 18.1 Å². The molecule has 0 amide bonds. The standard InChI is InChI=1S/C20H15F3N2O2/c1-27-19(26)13-5-10-18(16(12-13)17-4-2-3-11-24-17)25-15-8-6-14(7-9-15)20(21,22)23/h2-12,25H,1H3. The van der Waals surface area contributed by atoms with E-state index in [1.807, 2.05) is 0 Å². The van der Waals surface area contributed by atoms with Gasteiger partial charge in [-0.05, 0) is 54.6 Å². The van der Waals surface area contributed by atoms with Crippen molar-refractivity contribution in [2.75, 3.05) is 12.4 Å². The van der Waals surface area contributed by atoms with E-state index < -0.39 is 17.7 Å². The Hall–Kier alpha value is -3.35. The van der Waals surface area contributed by atoms with Crippen molar-refractivity contribution in [3.8, 4) is 11.3 Å². The molecular formula is C20H15F3N2O2. The minimum Gasteiger partial charge on any atom is -0.465 e. The first-order valence-corrected chi connectivity index (χ1v) is 7.96. The number of rotatable bonds is 4. The molecule has 138 valence electrons. The van der Waals surface area contributed by atoms with Crippen LogP contribution in [0, 0.1) is 0 Å². The molecule has 3 aromatic rings. The van der Waals surface area contributed by atoms with Crippen LogP contribution in [0.3, 0.4) is 0 Å². The zero-order chi connectivity index (χ0) is 19.4. The van der Waals surface area contributed by atoms with Gasteiger partial charge < -0.3 is 10.1 Å². The summed E-state index contributed by atoms with van der Waals surface area (Å²) in [5.41, 5.74) is 1.93. The summed E-state index contributed by atoms with van der Waals surface area (Å²) in [6.45, 7) is 0. The molecule has 4 nitrogen and oxygen atoms in total. The SMILES string of the molecule is COC(=O)c1ccc(Nc2ccc(C(F)(F)F)cc2)c(-c2ccccn2)c1. The zero-order valence-corrected chi connectivity index (χ0v) is 14.2. The van der Waals surface area contributed by atoms with Gasteiger partial charge in [-0.3, -0.25) is 4.98 Å². The fourth-order valence-corrected chi connectivity index (χ4v) is 2.53. The summed E-state index contributed by atoms with van der Waals surface area (Å²) in [4.78, 5) is 16.1. The summed E-state index contributed by atoms with van der Waals surface area (Å²) in [5, 5.41) is 3.07. The number of methoxy groups -OCH3 is 1. The molecule has 0 aliphatic carbocycles. The van der Waals surface area contributed by atoms with Gasteiger partial charge in [-0.15, -0.1) is 0 Å². The van der Waals surface area contributed by atoms with Crippen molar-refractivity contribution in [3.05, 3.63) is 78.0 Å². The fourth-order valence-electron chi connectivity index (χ4n) is 2.53. The average Bonchev–Trinajstić information content (AvgIpc) is 2.68. The second-order valence-electron chi connectivity index (χ2n) is 5.67. The van der Waals surface area contributed by atoms with Gasteiger partial charge in [0, 0.05) is 23.1 Å². The van der Waals surface area contributed by atoms with Gasteiger partial charge in [-0.2, -0.15) is 13.2 Å². The molecule has 2 aromatic carbocycles. The van der Waals surface area contributed by atoms with Crippen LogP contribution in [0.25, 0.3) is 11.3 Å². The van der Waals surface area contributed by atoms with Gasteiger partial charge in [0.1, 0.15) is 0 Å². The first-order valence-electron chi connectivity index (χ1n) is 7.96. The Balaban J connectivity index is 1.98. The maximum Gasteiger partial charge on any atom is 0.416 e. The Labute approximate surface area is 153 Å². The second-order valence-corrected chi connectivity index (χ2v) is 5.67. The number of halogens is 3. The molecule has 0 spiro atoms. The van der Waals surface area contributed by atoms with Crippen LogP contribution < -0.4 is 5.32 Å². The molecular weight excluding hydrogens is 357 g/mol. The topological polar surface area (TPSA) is 51.2 Å². The number of nitrogens with zero attached hydrogens (tertiary/aromatic N) is 1. The molecule has 0 bridgehead atoms. The number of hydrogen-bond acceptors (Lipinski definition) is 4. The largest absolute Gasteiger partial charge is 0.465 e. The van der Waals surface area contributed by atoms with Gasteiger partial charge in [-0.1, -0.05) is 6.07 Å². The number of alkyl halides is 3. The van der Waals surface area contributed by atoms with Gasteiger partial charge in [0.15, 0.2) is 0 Å². The number of anilines is 2. The molecule has 0 saturated heterocycles. The summed E-state index contributed by atoms with van der Waals surface area (Å²) in [5.74, 6) is -0.492. The summed E-state index contributed by atoms with van der Waals surface area (Å²) >= 11 is 0. The number of ether oxygens (including phenoxy) is 1. The van der Waals surface area contributed by atoms with Crippen LogP contribution >= 0.6 is 0 Å². The quantitative estimate of drug-likeness (QED) is 0.632. The Bertz CT molecular complexity index is 940. The van der Waals surface area contributed by atoms with Gasteiger partial charge in [0.05, 0.1) is 23.9 Å². The van der Waals surface area contributed by atoms with Crippen LogP contribution in [0.5, 0.6) is 0 Å². The summed E-state index contributed by atoms with van der Waals surface area (Å²) in [7, 11) is 1.29. The number of aromatic nitrogens is 1. The molecule has 7 heteroatoms. The van der Waals surface area contributed by atoms with E-state index in [-0.39, 0.29) is 0 Å². The third kappa shape index (κ3) is 4.25. The minimum absolute atomic E-state index is 0.344. The van der Waals surface area contributed by atoms with Crippen molar-refractivity contribution < 1.29 is 22.7 Å². The predicted octanol–water partition coefficient (Wildman–Crippen LogP) is 5.30. The zero-order valence-electron chi connectivity index (χ0n) is 14.2. The maximum atomic E-state index is 12.7. The lowest BCUT2D eigenvalue weighted by Gasteiger charge is -2.14. The first-order chi connectivity index (χ1) is 12.9. The van der Waals surface area contributed by atoms with Gasteiger partial charge in [-0.25, -0.2) is 4.79 Å². The number of pyridine rings is 1. The van der Waals surface area contributed by atoms with Crippen molar-refractivity contribution in [2.45, 2.75) is 6.18 Å². The van der Waals surface area contributed by atoms with Gasteiger partial charge >= 0.3 is 12.1 Å². The highest BCUT2D eigenvalue weighted by atomic mass is 19.4. The molecule has 1 aromatic heterocycles. The first kappa shape index (κ1) is 18.4. The Morgan fingerprint density at radius 1 is 1.04 bits per heavy atom. The van der Waals surface area contributed by atoms with E-state index in [4.69, 9.17) is 4.74 Å². The van der Waals surface area contributed by atoms with E-state index in [1.165, 1.54) is 19.2 Å². The number of nitrogens with one attached hydrogen (secondary N) is 1. The molecule has 0 atom stereocenters. The number of carbonyl (C=O) groups is 1. The molecule has 0 unspecified atom stereocenters. The van der Waals surface area contributed by atoms with E-state index in [2.05, 4.69) is 10.3 Å². The smallest absolute Gasteiger partial charge is 0.416 e. The molecule has 1 N–H and O–H groups in total. The number of hydrogen-bond donors (Lipinski definition) is 1. The van der Waals surface area contributed by atoms with E-state index >= 15 is 0 Å². The second kappa shape index (κ2) is 7.49. The fraction of sp³-hybridized carbons (Fsp3) is 0.100. The monoisotopic (exact) mass is 372 g/mol. The number of carbonyl (C=O) groups excluding carboxylic acids is 1. The molecule has 0 fully saturated rings. The molecule has 3 rings (SSSR count). The highest BCUT2D eigenvalue weighted by molar-refractivity contribution is 5.93. The lowest BCUT2D eigenvalue weighted by atomic mass is 10.0. The highest BCUT2D eigenvalue weighted by Crippen LogP contribution is 2.33. The lowest BCUT2D eigenvalue weighted by molar-refractivity contribution is -0.137. The number of benzene rings is 2. The summed E-state index contributed by atoms with van der Waals surface area (Å²) < 4.78 is 42.9. The molecule has 0 aliphatic heterocycles. The third-order valence-corrected chi connectivity index (χ3v) is 3.87. The Morgan fingerprint density at radius 3 is 2.37 bits per heavy atom. The van der Waals surface area contributed by atoms with E-state index in [9.17, 15) is 18.0 Å². The van der Waals surface area contributed by atoms with Crippen molar-refractivity contribution in [1.29, 1.82) is 0 Å². The van der Waals surface area contributed by atoms with E-state index in [0.29, 0.717) is 28.2 Å². The van der Waals surface area contributed by atoms with Gasteiger partial charge in [0.2, 0.25) is 0 Å². The Kier molecular flexibility index (Phi) is 5.12. The van der Waals surface area contributed by atoms with Crippen molar-refractivity contribution >= 4 is 17.3 Å². The van der Waals surface area contributed by atoms with Crippen LogP contribution in [0.2, 0.25) is 0 Å². The maximum absolute atomic E-state index is 12.7. The van der Waals surface area contributed by atoms with E-state index in [1.54, 1.807) is 42.6 Å². The molecule has 0 aliphatic rings. The summed E-state index contributed by atoms with van der Waals surface area (Å²) in [6, 6.07) is 14.9. The number of esters is 1. The van der Waals surface area contributed by atoms with Crippen LogP contribution in [0.4, 0.5) is 24.5 Å². The summed E-state index contributed by atoms with van der Waals surface area (Å²) in [6.07, 6.45) is -2.78. The molecule has 1 heterocycles. The van der Waals surface area contributed by atoms with Crippen LogP contribution in [-0.2, 0) is 10.9 Å². The normalized spacial score (nSPS) is 11.1. The lowest BCUT2D eigenvalue weighted by Crippen LogP contribution is -2.05. The van der Waals surface area contributed by atoms with E-state index in [0.717, 1.165) is 12.1 Å². The van der Waals surface area contributed by atoms with Crippen molar-refractivity contribution in [1.82, 2.24) is 4.98 Å². The highest BCUT2D eigenvalue weighted by Gasteiger charge is 2.29. The third-order valence-electron chi connectivity index (χ3n) is 3.87.